The van der Waals surface area contributed by atoms with Gasteiger partial charge in [-0.15, -0.1) is 0 Å². The van der Waals surface area contributed by atoms with Gasteiger partial charge in [-0.2, -0.15) is 0 Å². The lowest BCUT2D eigenvalue weighted by Crippen LogP contribution is -2.44. The molecule has 5 heteroatoms. The highest BCUT2D eigenvalue weighted by Gasteiger charge is 2.26. The highest BCUT2D eigenvalue weighted by atomic mass is 16.5. The van der Waals surface area contributed by atoms with E-state index in [2.05, 4.69) is 0 Å². The van der Waals surface area contributed by atoms with Gasteiger partial charge in [0, 0.05) is 25.6 Å². The van der Waals surface area contributed by atoms with E-state index in [1.54, 1.807) is 0 Å². The number of ether oxygens (including phenoxy) is 1. The lowest BCUT2D eigenvalue weighted by atomic mass is 9.97. The van der Waals surface area contributed by atoms with E-state index >= 15 is 0 Å². The van der Waals surface area contributed by atoms with Crippen LogP contribution in [0.15, 0.2) is 0 Å². The summed E-state index contributed by atoms with van der Waals surface area (Å²) in [6.45, 7) is 3.74. The zero-order chi connectivity index (χ0) is 13.4. The maximum Gasteiger partial charge on any atom is 0.303 e. The summed E-state index contributed by atoms with van der Waals surface area (Å²) in [6, 6.07) is 0.101. The van der Waals surface area contributed by atoms with Crippen molar-refractivity contribution in [2.75, 3.05) is 19.8 Å². The number of carbonyl (C=O) groups is 2. The van der Waals surface area contributed by atoms with Gasteiger partial charge in [-0.1, -0.05) is 0 Å². The Kier molecular flexibility index (Phi) is 6.72. The molecule has 0 aromatic rings. The van der Waals surface area contributed by atoms with Crippen LogP contribution in [0.4, 0.5) is 0 Å². The maximum atomic E-state index is 12.0. The second kappa shape index (κ2) is 8.08. The zero-order valence-electron chi connectivity index (χ0n) is 11.1. The zero-order valence-corrected chi connectivity index (χ0v) is 11.1. The molecular weight excluding hydrogens is 234 g/mol. The Hall–Kier alpha value is -1.10. The summed E-state index contributed by atoms with van der Waals surface area (Å²) in [5, 5.41) is 8.72. The van der Waals surface area contributed by atoms with Crippen molar-refractivity contribution in [2.45, 2.75) is 51.5 Å². The molecule has 1 amide bonds. The molecule has 0 radical (unpaired) electrons. The van der Waals surface area contributed by atoms with Gasteiger partial charge in [-0.25, -0.2) is 0 Å². The molecule has 1 saturated heterocycles. The van der Waals surface area contributed by atoms with Crippen molar-refractivity contribution >= 4 is 11.9 Å². The molecule has 18 heavy (non-hydrogen) atoms. The molecule has 1 aliphatic heterocycles. The Morgan fingerprint density at radius 3 is 2.78 bits per heavy atom. The fraction of sp³-hybridized carbons (Fsp3) is 0.846. The number of carboxylic acids is 1. The van der Waals surface area contributed by atoms with E-state index in [1.165, 1.54) is 0 Å². The van der Waals surface area contributed by atoms with Crippen LogP contribution in [0.3, 0.4) is 0 Å². The quantitative estimate of drug-likeness (QED) is 0.704. The first-order valence-corrected chi connectivity index (χ1v) is 6.74. The molecule has 1 fully saturated rings. The molecule has 1 N–H and O–H groups in total. The second-order valence-corrected chi connectivity index (χ2v) is 4.62. The molecule has 1 atom stereocenters. The molecule has 5 nitrogen and oxygen atoms in total. The van der Waals surface area contributed by atoms with Crippen molar-refractivity contribution in [1.29, 1.82) is 0 Å². The number of hydrogen-bond acceptors (Lipinski definition) is 3. The number of hydrogen-bond donors (Lipinski definition) is 1. The van der Waals surface area contributed by atoms with E-state index in [0.29, 0.717) is 26.1 Å². The summed E-state index contributed by atoms with van der Waals surface area (Å²) in [4.78, 5) is 24.5. The molecule has 0 spiro atoms. The summed E-state index contributed by atoms with van der Waals surface area (Å²) in [7, 11) is 0. The predicted molar refractivity (Wildman–Crippen MR) is 67.3 cm³/mol. The smallest absolute Gasteiger partial charge is 0.303 e. The van der Waals surface area contributed by atoms with Crippen molar-refractivity contribution in [1.82, 2.24) is 4.90 Å². The minimum atomic E-state index is -0.790. The average molecular weight is 257 g/mol. The van der Waals surface area contributed by atoms with Gasteiger partial charge < -0.3 is 14.7 Å². The number of amides is 1. The third-order valence-corrected chi connectivity index (χ3v) is 3.30. The van der Waals surface area contributed by atoms with E-state index in [1.807, 2.05) is 11.8 Å². The first-order valence-electron chi connectivity index (χ1n) is 6.74. The van der Waals surface area contributed by atoms with Gasteiger partial charge in [0.05, 0.1) is 13.0 Å². The van der Waals surface area contributed by atoms with E-state index in [9.17, 15) is 9.59 Å². The van der Waals surface area contributed by atoms with Gasteiger partial charge in [0.15, 0.2) is 0 Å². The van der Waals surface area contributed by atoms with Crippen LogP contribution >= 0.6 is 0 Å². The number of rotatable bonds is 7. The molecule has 104 valence electrons. The number of nitrogens with zero attached hydrogens (tertiary/aromatic N) is 1. The van der Waals surface area contributed by atoms with E-state index in [-0.39, 0.29) is 18.4 Å². The normalized spacial score (nSPS) is 19.8. The Morgan fingerprint density at radius 1 is 1.33 bits per heavy atom. The molecule has 1 rings (SSSR count). The van der Waals surface area contributed by atoms with Gasteiger partial charge in [0.2, 0.25) is 5.91 Å². The molecular formula is C13H23NO4. The van der Waals surface area contributed by atoms with Gasteiger partial charge in [0.1, 0.15) is 0 Å². The standard InChI is InChI=1S/C13H23NO4/c1-2-18-10-8-12(15)14-9-4-3-5-11(14)6-7-13(16)17/h11H,2-10H2,1H3,(H,16,17)/t11-/m1/s1. The fourth-order valence-corrected chi connectivity index (χ4v) is 2.37. The van der Waals surface area contributed by atoms with E-state index in [0.717, 1.165) is 25.8 Å². The summed E-state index contributed by atoms with van der Waals surface area (Å²) in [5.41, 5.74) is 0. The van der Waals surface area contributed by atoms with Crippen LogP contribution in [-0.4, -0.2) is 47.7 Å². The van der Waals surface area contributed by atoms with Gasteiger partial charge in [-0.3, -0.25) is 9.59 Å². The van der Waals surface area contributed by atoms with Crippen LogP contribution in [0.2, 0.25) is 0 Å². The maximum absolute atomic E-state index is 12.0. The SMILES string of the molecule is CCOCCC(=O)N1CCCC[C@@H]1CCC(=O)O. The molecule has 0 aromatic heterocycles. The van der Waals surface area contributed by atoms with Gasteiger partial charge in [-0.05, 0) is 32.6 Å². The van der Waals surface area contributed by atoms with Gasteiger partial charge in [0.25, 0.3) is 0 Å². The van der Waals surface area contributed by atoms with Crippen LogP contribution in [-0.2, 0) is 14.3 Å². The highest BCUT2D eigenvalue weighted by Crippen LogP contribution is 2.21. The Balaban J connectivity index is 2.42. The molecule has 0 aromatic carbocycles. The second-order valence-electron chi connectivity index (χ2n) is 4.62. The lowest BCUT2D eigenvalue weighted by Gasteiger charge is -2.35. The van der Waals surface area contributed by atoms with Crippen molar-refractivity contribution in [3.8, 4) is 0 Å². The van der Waals surface area contributed by atoms with Crippen molar-refractivity contribution in [3.63, 3.8) is 0 Å². The number of carboxylic acid groups (broad SMARTS) is 1. The van der Waals surface area contributed by atoms with Crippen molar-refractivity contribution < 1.29 is 19.4 Å². The average Bonchev–Trinajstić information content (AvgIpc) is 2.37. The van der Waals surface area contributed by atoms with Crippen LogP contribution in [0.1, 0.15) is 45.4 Å². The summed E-state index contributed by atoms with van der Waals surface area (Å²) < 4.78 is 5.19. The Bertz CT molecular complexity index is 280. The Labute approximate surface area is 108 Å². The predicted octanol–water partition coefficient (Wildman–Crippen LogP) is 1.66. The first kappa shape index (κ1) is 15.0. The minimum absolute atomic E-state index is 0.0959. The lowest BCUT2D eigenvalue weighted by molar-refractivity contribution is -0.140. The molecule has 0 bridgehead atoms. The van der Waals surface area contributed by atoms with E-state index < -0.39 is 5.97 Å². The minimum Gasteiger partial charge on any atom is -0.481 e. The topological polar surface area (TPSA) is 66.8 Å². The van der Waals surface area contributed by atoms with Crippen molar-refractivity contribution in [3.05, 3.63) is 0 Å². The third-order valence-electron chi connectivity index (χ3n) is 3.30. The molecule has 0 aliphatic carbocycles. The number of piperidine rings is 1. The summed E-state index contributed by atoms with van der Waals surface area (Å²) in [6.07, 6.45) is 4.13. The number of carbonyl (C=O) groups excluding carboxylic acids is 1. The largest absolute Gasteiger partial charge is 0.481 e. The van der Waals surface area contributed by atoms with Crippen LogP contribution in [0.5, 0.6) is 0 Å². The van der Waals surface area contributed by atoms with Crippen molar-refractivity contribution in [2.24, 2.45) is 0 Å². The monoisotopic (exact) mass is 257 g/mol. The van der Waals surface area contributed by atoms with Crippen LogP contribution in [0.25, 0.3) is 0 Å². The molecule has 1 aliphatic rings. The first-order chi connectivity index (χ1) is 8.65. The third kappa shape index (κ3) is 5.04. The fourth-order valence-electron chi connectivity index (χ4n) is 2.37. The Morgan fingerprint density at radius 2 is 2.11 bits per heavy atom. The number of aliphatic carboxylic acids is 1. The van der Waals surface area contributed by atoms with Crippen LogP contribution in [0, 0.1) is 0 Å². The molecule has 1 heterocycles. The summed E-state index contributed by atoms with van der Waals surface area (Å²) in [5.74, 6) is -0.694. The summed E-state index contributed by atoms with van der Waals surface area (Å²) >= 11 is 0. The molecule has 0 saturated carbocycles. The van der Waals surface area contributed by atoms with Gasteiger partial charge >= 0.3 is 5.97 Å². The molecule has 0 unspecified atom stereocenters. The number of likely N-dealkylation sites (tertiary alicyclic amines) is 1. The highest BCUT2D eigenvalue weighted by molar-refractivity contribution is 5.76. The van der Waals surface area contributed by atoms with Crippen LogP contribution < -0.4 is 0 Å². The van der Waals surface area contributed by atoms with E-state index in [4.69, 9.17) is 9.84 Å².